The van der Waals surface area contributed by atoms with E-state index in [9.17, 15) is 20.1 Å². The van der Waals surface area contributed by atoms with Crippen LogP contribution in [-0.4, -0.2) is 57.2 Å². The molecule has 0 aromatic heterocycles. The number of rotatable bonds is 13. The van der Waals surface area contributed by atoms with E-state index in [1.807, 2.05) is 43.3 Å². The highest BCUT2D eigenvalue weighted by atomic mass is 16.6. The first kappa shape index (κ1) is 26.4. The molecule has 0 bridgehead atoms. The minimum atomic E-state index is -0.747. The summed E-state index contributed by atoms with van der Waals surface area (Å²) in [5.41, 5.74) is 0.900. The predicted octanol–water partition coefficient (Wildman–Crippen LogP) is 4.57. The third-order valence-corrected chi connectivity index (χ3v) is 6.12. The first-order valence-electron chi connectivity index (χ1n) is 12.2. The number of aliphatic hydroxyl groups is 3. The van der Waals surface area contributed by atoms with Crippen LogP contribution in [0, 0.1) is 0 Å². The number of carbonyl (C=O) groups is 1. The van der Waals surface area contributed by atoms with Crippen LogP contribution < -0.4 is 0 Å². The maximum absolute atomic E-state index is 12.8. The van der Waals surface area contributed by atoms with Crippen LogP contribution in [0.15, 0.2) is 42.5 Å². The second-order valence-electron chi connectivity index (χ2n) is 8.89. The molecule has 1 saturated heterocycles. The van der Waals surface area contributed by atoms with Crippen molar-refractivity contribution in [3.8, 4) is 0 Å². The van der Waals surface area contributed by atoms with Gasteiger partial charge in [-0.05, 0) is 44.6 Å². The van der Waals surface area contributed by atoms with Crippen LogP contribution >= 0.6 is 0 Å². The molecule has 3 N–H and O–H groups in total. The van der Waals surface area contributed by atoms with Gasteiger partial charge in [0, 0.05) is 0 Å². The molecule has 0 saturated carbocycles. The van der Waals surface area contributed by atoms with E-state index in [-0.39, 0.29) is 25.4 Å². The lowest BCUT2D eigenvalue weighted by molar-refractivity contribution is -0.0321. The molecule has 2 rings (SSSR count). The summed E-state index contributed by atoms with van der Waals surface area (Å²) in [5.74, 6) is 0. The SMILES string of the molecule is C[C@H](O)CCCCCCCC/C=C/[C@@H]1CC[C@H](O)[C@@H](CO)N1C(=O)OCc1ccccc1. The molecular weight excluding hydrogens is 406 g/mol. The van der Waals surface area contributed by atoms with Gasteiger partial charge in [0.15, 0.2) is 0 Å². The zero-order valence-corrected chi connectivity index (χ0v) is 19.4. The van der Waals surface area contributed by atoms with Crippen LogP contribution in [0.1, 0.15) is 76.7 Å². The maximum atomic E-state index is 12.8. The van der Waals surface area contributed by atoms with Gasteiger partial charge in [-0.3, -0.25) is 4.90 Å². The summed E-state index contributed by atoms with van der Waals surface area (Å²) in [6, 6.07) is 8.66. The van der Waals surface area contributed by atoms with Crippen LogP contribution in [0.4, 0.5) is 4.79 Å². The van der Waals surface area contributed by atoms with Gasteiger partial charge in [-0.25, -0.2) is 4.79 Å². The number of amides is 1. The lowest BCUT2D eigenvalue weighted by Crippen LogP contribution is -2.57. The van der Waals surface area contributed by atoms with Crippen molar-refractivity contribution in [3.05, 3.63) is 48.0 Å². The van der Waals surface area contributed by atoms with Crippen molar-refractivity contribution in [3.63, 3.8) is 0 Å². The largest absolute Gasteiger partial charge is 0.445 e. The topological polar surface area (TPSA) is 90.2 Å². The summed E-state index contributed by atoms with van der Waals surface area (Å²) in [5, 5.41) is 29.4. The molecule has 1 fully saturated rings. The highest BCUT2D eigenvalue weighted by molar-refractivity contribution is 5.69. The fourth-order valence-electron chi connectivity index (χ4n) is 4.23. The monoisotopic (exact) mass is 447 g/mol. The first-order valence-corrected chi connectivity index (χ1v) is 12.2. The summed E-state index contributed by atoms with van der Waals surface area (Å²) in [7, 11) is 0. The number of piperidine rings is 1. The van der Waals surface area contributed by atoms with Crippen molar-refractivity contribution >= 4 is 6.09 Å². The van der Waals surface area contributed by atoms with Crippen molar-refractivity contribution in [2.75, 3.05) is 6.61 Å². The van der Waals surface area contributed by atoms with Gasteiger partial charge in [-0.15, -0.1) is 0 Å². The summed E-state index contributed by atoms with van der Waals surface area (Å²) in [4.78, 5) is 14.3. The molecule has 4 atom stereocenters. The van der Waals surface area contributed by atoms with E-state index in [4.69, 9.17) is 4.74 Å². The Morgan fingerprint density at radius 1 is 1.12 bits per heavy atom. The van der Waals surface area contributed by atoms with Crippen molar-refractivity contribution < 1.29 is 24.9 Å². The number of aliphatic hydroxyl groups excluding tert-OH is 3. The molecule has 0 spiro atoms. The Balaban J connectivity index is 1.79. The molecular formula is C26H41NO5. The molecule has 0 aliphatic carbocycles. The van der Waals surface area contributed by atoms with Gasteiger partial charge in [0.2, 0.25) is 0 Å². The van der Waals surface area contributed by atoms with Crippen molar-refractivity contribution in [1.29, 1.82) is 0 Å². The fraction of sp³-hybridized carbons (Fsp3) is 0.654. The molecule has 1 aliphatic rings. The highest BCUT2D eigenvalue weighted by Crippen LogP contribution is 2.26. The standard InChI is InChI=1S/C26H41NO5/c1-21(29)13-9-6-4-2-3-5-7-12-16-23-17-18-25(30)24(19-28)27(23)26(31)32-20-22-14-10-8-11-15-22/h8,10-12,14-16,21,23-25,28-30H,2-7,9,13,17-20H2,1H3/b16-12+/t21-,23+,24+,25-/m0/s1. The number of likely N-dealkylation sites (tertiary alicyclic amines) is 1. The molecule has 1 heterocycles. The lowest BCUT2D eigenvalue weighted by Gasteiger charge is -2.42. The number of unbranched alkanes of at least 4 members (excludes halogenated alkanes) is 6. The van der Waals surface area contributed by atoms with Gasteiger partial charge < -0.3 is 20.1 Å². The van der Waals surface area contributed by atoms with E-state index < -0.39 is 18.2 Å². The van der Waals surface area contributed by atoms with Crippen LogP contribution in [0.3, 0.4) is 0 Å². The third kappa shape index (κ3) is 9.31. The Bertz CT molecular complexity index is 663. The molecule has 0 unspecified atom stereocenters. The van der Waals surface area contributed by atoms with E-state index in [1.165, 1.54) is 30.6 Å². The molecule has 1 amide bonds. The third-order valence-electron chi connectivity index (χ3n) is 6.12. The summed E-state index contributed by atoms with van der Waals surface area (Å²) < 4.78 is 5.50. The van der Waals surface area contributed by atoms with Crippen LogP contribution in [0.5, 0.6) is 0 Å². The van der Waals surface area contributed by atoms with Gasteiger partial charge in [-0.1, -0.05) is 74.6 Å². The molecule has 1 aliphatic heterocycles. The summed E-state index contributed by atoms with van der Waals surface area (Å²) in [6.07, 6.45) is 12.7. The summed E-state index contributed by atoms with van der Waals surface area (Å²) in [6.45, 7) is 1.71. The predicted molar refractivity (Wildman–Crippen MR) is 126 cm³/mol. The Kier molecular flexibility index (Phi) is 12.4. The molecule has 1 aromatic rings. The number of ether oxygens (including phenoxy) is 1. The Morgan fingerprint density at radius 3 is 2.50 bits per heavy atom. The average Bonchev–Trinajstić information content (AvgIpc) is 2.79. The normalized spacial score (nSPS) is 22.2. The van der Waals surface area contributed by atoms with E-state index in [0.717, 1.165) is 31.2 Å². The molecule has 180 valence electrons. The van der Waals surface area contributed by atoms with Gasteiger partial charge in [0.1, 0.15) is 6.61 Å². The zero-order chi connectivity index (χ0) is 23.2. The van der Waals surface area contributed by atoms with Crippen LogP contribution in [0.25, 0.3) is 0 Å². The second kappa shape index (κ2) is 15.0. The van der Waals surface area contributed by atoms with Crippen molar-refractivity contribution in [1.82, 2.24) is 4.90 Å². The van der Waals surface area contributed by atoms with E-state index in [0.29, 0.717) is 12.8 Å². The molecule has 6 heteroatoms. The van der Waals surface area contributed by atoms with E-state index in [2.05, 4.69) is 6.08 Å². The number of carbonyl (C=O) groups excluding carboxylic acids is 1. The fourth-order valence-corrected chi connectivity index (χ4v) is 4.23. The number of nitrogens with zero attached hydrogens (tertiary/aromatic N) is 1. The molecule has 1 aromatic carbocycles. The minimum Gasteiger partial charge on any atom is -0.445 e. The second-order valence-corrected chi connectivity index (χ2v) is 8.89. The van der Waals surface area contributed by atoms with Gasteiger partial charge >= 0.3 is 6.09 Å². The molecule has 32 heavy (non-hydrogen) atoms. The Labute approximate surface area is 192 Å². The van der Waals surface area contributed by atoms with Crippen molar-refractivity contribution in [2.45, 2.75) is 102 Å². The highest BCUT2D eigenvalue weighted by Gasteiger charge is 2.38. The molecule has 6 nitrogen and oxygen atoms in total. The first-order chi connectivity index (χ1) is 15.5. The number of benzene rings is 1. The van der Waals surface area contributed by atoms with Gasteiger partial charge in [0.25, 0.3) is 0 Å². The number of hydrogen-bond acceptors (Lipinski definition) is 5. The maximum Gasteiger partial charge on any atom is 0.411 e. The minimum absolute atomic E-state index is 0.165. The van der Waals surface area contributed by atoms with Crippen LogP contribution in [-0.2, 0) is 11.3 Å². The van der Waals surface area contributed by atoms with Crippen LogP contribution in [0.2, 0.25) is 0 Å². The van der Waals surface area contributed by atoms with Crippen molar-refractivity contribution in [2.24, 2.45) is 0 Å². The zero-order valence-electron chi connectivity index (χ0n) is 19.4. The quantitative estimate of drug-likeness (QED) is 0.304. The van der Waals surface area contributed by atoms with Gasteiger partial charge in [-0.2, -0.15) is 0 Å². The summed E-state index contributed by atoms with van der Waals surface area (Å²) >= 11 is 0. The smallest absolute Gasteiger partial charge is 0.411 e. The Hall–Kier alpha value is -1.89. The lowest BCUT2D eigenvalue weighted by atomic mass is 9.93. The van der Waals surface area contributed by atoms with E-state index >= 15 is 0 Å². The number of allylic oxidation sites excluding steroid dienone is 1. The van der Waals surface area contributed by atoms with E-state index in [1.54, 1.807) is 0 Å². The molecule has 0 radical (unpaired) electrons. The number of hydrogen-bond donors (Lipinski definition) is 3. The average molecular weight is 448 g/mol. The van der Waals surface area contributed by atoms with Gasteiger partial charge in [0.05, 0.1) is 30.9 Å². The Morgan fingerprint density at radius 2 is 1.81 bits per heavy atom.